The fourth-order valence-electron chi connectivity index (χ4n) is 2.80. The zero-order chi connectivity index (χ0) is 17.4. The van der Waals surface area contributed by atoms with Crippen molar-refractivity contribution in [3.8, 4) is 11.8 Å². The molecule has 0 saturated carbocycles. The summed E-state index contributed by atoms with van der Waals surface area (Å²) >= 11 is 0. The van der Waals surface area contributed by atoms with Gasteiger partial charge in [0.2, 0.25) is 0 Å². The van der Waals surface area contributed by atoms with Crippen molar-refractivity contribution in [3.63, 3.8) is 0 Å². The predicted molar refractivity (Wildman–Crippen MR) is 101 cm³/mol. The molecule has 0 unspecified atom stereocenters. The number of nitrogens with zero attached hydrogens (tertiary/aromatic N) is 3. The Morgan fingerprint density at radius 1 is 1.21 bits per heavy atom. The van der Waals surface area contributed by atoms with Crippen LogP contribution in [0.4, 0.5) is 0 Å². The fraction of sp³-hybridized carbons (Fsp3) is 0.476. The Balaban J connectivity index is 1.89. The van der Waals surface area contributed by atoms with Crippen molar-refractivity contribution in [2.45, 2.75) is 53.1 Å². The van der Waals surface area contributed by atoms with Gasteiger partial charge >= 0.3 is 0 Å². The second-order valence-electron chi connectivity index (χ2n) is 6.40. The summed E-state index contributed by atoms with van der Waals surface area (Å²) in [6.45, 7) is 11.5. The lowest BCUT2D eigenvalue weighted by Crippen LogP contribution is -2.34. The molecule has 128 valence electrons. The van der Waals surface area contributed by atoms with E-state index in [-0.39, 0.29) is 0 Å². The summed E-state index contributed by atoms with van der Waals surface area (Å²) in [6.07, 6.45) is 2.24. The summed E-state index contributed by atoms with van der Waals surface area (Å²) in [6, 6.07) is 12.9. The Morgan fingerprint density at radius 2 is 1.96 bits per heavy atom. The van der Waals surface area contributed by atoms with Crippen molar-refractivity contribution in [2.24, 2.45) is 0 Å². The maximum absolute atomic E-state index is 4.54. The van der Waals surface area contributed by atoms with Crippen molar-refractivity contribution < 1.29 is 0 Å². The first-order chi connectivity index (χ1) is 11.6. The van der Waals surface area contributed by atoms with E-state index in [2.05, 4.69) is 65.5 Å². The van der Waals surface area contributed by atoms with Crippen LogP contribution in [0.1, 0.15) is 43.6 Å². The topological polar surface area (TPSA) is 21.1 Å². The summed E-state index contributed by atoms with van der Waals surface area (Å²) in [7, 11) is 0. The maximum Gasteiger partial charge on any atom is 0.0607 e. The molecule has 0 aliphatic carbocycles. The van der Waals surface area contributed by atoms with Gasteiger partial charge in [-0.1, -0.05) is 37.0 Å². The van der Waals surface area contributed by atoms with E-state index in [1.165, 1.54) is 5.69 Å². The van der Waals surface area contributed by atoms with Crippen LogP contribution in [0.5, 0.6) is 0 Å². The lowest BCUT2D eigenvalue weighted by Gasteiger charge is -2.26. The third-order valence-corrected chi connectivity index (χ3v) is 4.42. The van der Waals surface area contributed by atoms with Gasteiger partial charge in [0.05, 0.1) is 12.2 Å². The average molecular weight is 323 g/mol. The van der Waals surface area contributed by atoms with Crippen molar-refractivity contribution in [1.29, 1.82) is 0 Å². The first kappa shape index (κ1) is 18.3. The second-order valence-corrected chi connectivity index (χ2v) is 6.40. The van der Waals surface area contributed by atoms with Crippen LogP contribution in [0.3, 0.4) is 0 Å². The Labute approximate surface area is 146 Å². The minimum Gasteiger partial charge on any atom is -0.290 e. The van der Waals surface area contributed by atoms with Crippen LogP contribution in [-0.4, -0.2) is 33.8 Å². The Bertz CT molecular complexity index is 676. The molecule has 0 amide bonds. The van der Waals surface area contributed by atoms with Crippen molar-refractivity contribution in [3.05, 3.63) is 53.3 Å². The molecule has 1 aromatic heterocycles. The third kappa shape index (κ3) is 5.54. The molecule has 0 aliphatic rings. The van der Waals surface area contributed by atoms with E-state index in [4.69, 9.17) is 0 Å². The van der Waals surface area contributed by atoms with E-state index in [9.17, 15) is 0 Å². The normalized spacial score (nSPS) is 12.0. The van der Waals surface area contributed by atoms with Crippen LogP contribution in [0.15, 0.2) is 36.4 Å². The van der Waals surface area contributed by atoms with Crippen molar-refractivity contribution >= 4 is 0 Å². The van der Waals surface area contributed by atoms with Gasteiger partial charge < -0.3 is 0 Å². The molecule has 1 heterocycles. The summed E-state index contributed by atoms with van der Waals surface area (Å²) in [5.41, 5.74) is 3.43. The fourth-order valence-corrected chi connectivity index (χ4v) is 2.80. The highest BCUT2D eigenvalue weighted by atomic mass is 15.3. The molecule has 0 radical (unpaired) electrons. The Morgan fingerprint density at radius 3 is 2.58 bits per heavy atom. The van der Waals surface area contributed by atoms with Crippen molar-refractivity contribution in [2.75, 3.05) is 13.1 Å². The minimum atomic E-state index is 0.551. The van der Waals surface area contributed by atoms with Crippen LogP contribution >= 0.6 is 0 Å². The number of aromatic nitrogens is 2. The summed E-state index contributed by atoms with van der Waals surface area (Å²) in [4.78, 5) is 2.47. The van der Waals surface area contributed by atoms with Crippen LogP contribution < -0.4 is 0 Å². The molecule has 3 nitrogen and oxygen atoms in total. The van der Waals surface area contributed by atoms with E-state index < -0.39 is 0 Å². The number of hydrogen-bond acceptors (Lipinski definition) is 2. The van der Waals surface area contributed by atoms with Gasteiger partial charge in [-0.2, -0.15) is 5.10 Å². The highest BCUT2D eigenvalue weighted by Crippen LogP contribution is 2.07. The van der Waals surface area contributed by atoms with E-state index in [1.54, 1.807) is 0 Å². The standard InChI is InChI=1S/C21H29N3/c1-5-19(3)23(14-9-13-21-11-7-6-8-12-21)15-10-16-24-20(4)17-18(2)22-24/h6-8,11-12,17,19H,5,10,14-16H2,1-4H3/t19-/m1/s1. The van der Waals surface area contributed by atoms with Crippen LogP contribution in [0.2, 0.25) is 0 Å². The Kier molecular flexibility index (Phi) is 7.08. The smallest absolute Gasteiger partial charge is 0.0607 e. The SMILES string of the molecule is CC[C@@H](C)N(CC#Cc1ccccc1)CCCn1nc(C)cc1C. The minimum absolute atomic E-state index is 0.551. The molecule has 0 aliphatic heterocycles. The number of benzene rings is 1. The van der Waals surface area contributed by atoms with E-state index in [0.29, 0.717) is 6.04 Å². The molecule has 2 aromatic rings. The average Bonchev–Trinajstić information content (AvgIpc) is 2.91. The molecule has 1 atom stereocenters. The Hall–Kier alpha value is -2.05. The van der Waals surface area contributed by atoms with E-state index in [0.717, 1.165) is 43.7 Å². The molecule has 24 heavy (non-hydrogen) atoms. The molecule has 3 heteroatoms. The molecule has 0 bridgehead atoms. The van der Waals surface area contributed by atoms with Gasteiger partial charge in [-0.15, -0.1) is 0 Å². The van der Waals surface area contributed by atoms with Gasteiger partial charge in [-0.25, -0.2) is 0 Å². The predicted octanol–water partition coefficient (Wildman–Crippen LogP) is 4.04. The van der Waals surface area contributed by atoms with Gasteiger partial charge in [0.25, 0.3) is 0 Å². The number of aryl methyl sites for hydroxylation is 3. The van der Waals surface area contributed by atoms with Crippen molar-refractivity contribution in [1.82, 2.24) is 14.7 Å². The molecule has 2 rings (SSSR count). The van der Waals surface area contributed by atoms with E-state index >= 15 is 0 Å². The first-order valence-corrected chi connectivity index (χ1v) is 8.89. The second kappa shape index (κ2) is 9.30. The highest BCUT2D eigenvalue weighted by molar-refractivity contribution is 5.33. The van der Waals surface area contributed by atoms with Gasteiger partial charge in [-0.3, -0.25) is 9.58 Å². The quantitative estimate of drug-likeness (QED) is 0.717. The summed E-state index contributed by atoms with van der Waals surface area (Å²) < 4.78 is 2.11. The maximum atomic E-state index is 4.54. The third-order valence-electron chi connectivity index (χ3n) is 4.42. The number of rotatable bonds is 7. The molecule has 1 aromatic carbocycles. The van der Waals surface area contributed by atoms with Gasteiger partial charge in [0, 0.05) is 30.4 Å². The van der Waals surface area contributed by atoms with Crippen LogP contribution in [-0.2, 0) is 6.54 Å². The molecule has 0 N–H and O–H groups in total. The molecule has 0 fully saturated rings. The monoisotopic (exact) mass is 323 g/mol. The van der Waals surface area contributed by atoms with Crippen LogP contribution in [0.25, 0.3) is 0 Å². The van der Waals surface area contributed by atoms with Gasteiger partial charge in [0.1, 0.15) is 0 Å². The largest absolute Gasteiger partial charge is 0.290 e. The number of hydrogen-bond donors (Lipinski definition) is 0. The molecule has 0 saturated heterocycles. The first-order valence-electron chi connectivity index (χ1n) is 8.89. The zero-order valence-electron chi connectivity index (χ0n) is 15.4. The lowest BCUT2D eigenvalue weighted by molar-refractivity contribution is 0.222. The highest BCUT2D eigenvalue weighted by Gasteiger charge is 2.11. The molecular weight excluding hydrogens is 294 g/mol. The van der Waals surface area contributed by atoms with Gasteiger partial charge in [0.15, 0.2) is 0 Å². The summed E-state index contributed by atoms with van der Waals surface area (Å²) in [5.74, 6) is 6.60. The zero-order valence-corrected chi connectivity index (χ0v) is 15.4. The van der Waals surface area contributed by atoms with E-state index in [1.807, 2.05) is 25.1 Å². The lowest BCUT2D eigenvalue weighted by atomic mass is 10.2. The summed E-state index contributed by atoms with van der Waals surface area (Å²) in [5, 5.41) is 4.54. The molecular formula is C21H29N3. The molecule has 0 spiro atoms. The van der Waals surface area contributed by atoms with Gasteiger partial charge in [-0.05, 0) is 51.8 Å². The van der Waals surface area contributed by atoms with Crippen LogP contribution in [0, 0.1) is 25.7 Å².